The minimum Gasteiger partial charge on any atom is -0.492 e. The minimum atomic E-state index is 0.111. The highest BCUT2D eigenvalue weighted by molar-refractivity contribution is 5.49. The SMILES string of the molecule is c1ccc(COc2ccc3c(c2)OCC32CCCN(Cc3ccccc3)C2)cc1. The molecule has 1 unspecified atom stereocenters. The largest absolute Gasteiger partial charge is 0.492 e. The first kappa shape index (κ1) is 18.3. The van der Waals surface area contributed by atoms with Gasteiger partial charge in [-0.1, -0.05) is 66.7 Å². The number of fused-ring (bicyclic) bond motifs is 2. The van der Waals surface area contributed by atoms with Gasteiger partial charge in [0, 0.05) is 30.1 Å². The summed E-state index contributed by atoms with van der Waals surface area (Å²) >= 11 is 0. The molecule has 1 fully saturated rings. The minimum absolute atomic E-state index is 0.111. The van der Waals surface area contributed by atoms with Crippen molar-refractivity contribution in [2.45, 2.75) is 31.4 Å². The summed E-state index contributed by atoms with van der Waals surface area (Å²) in [6.45, 7) is 4.57. The van der Waals surface area contributed by atoms with E-state index in [-0.39, 0.29) is 5.41 Å². The Bertz CT molecular complexity index is 957. The van der Waals surface area contributed by atoms with Gasteiger partial charge in [0.05, 0.1) is 6.61 Å². The highest BCUT2D eigenvalue weighted by Gasteiger charge is 2.43. The molecule has 3 aromatic rings. The van der Waals surface area contributed by atoms with Gasteiger partial charge in [0.2, 0.25) is 0 Å². The lowest BCUT2D eigenvalue weighted by atomic mass is 9.75. The van der Waals surface area contributed by atoms with Crippen LogP contribution < -0.4 is 9.47 Å². The second-order valence-electron chi connectivity index (χ2n) is 8.30. The Morgan fingerprint density at radius 3 is 2.45 bits per heavy atom. The Balaban J connectivity index is 1.29. The molecular formula is C26H27NO2. The lowest BCUT2D eigenvalue weighted by molar-refractivity contribution is 0.117. The van der Waals surface area contributed by atoms with E-state index in [0.717, 1.165) is 37.7 Å². The van der Waals surface area contributed by atoms with Crippen LogP contribution in [0.1, 0.15) is 29.5 Å². The van der Waals surface area contributed by atoms with Crippen LogP contribution in [0.4, 0.5) is 0 Å². The first-order valence-electron chi connectivity index (χ1n) is 10.5. The van der Waals surface area contributed by atoms with Crippen molar-refractivity contribution in [1.29, 1.82) is 0 Å². The summed E-state index contributed by atoms with van der Waals surface area (Å²) in [5.41, 5.74) is 4.02. The number of piperidine rings is 1. The Morgan fingerprint density at radius 1 is 0.897 bits per heavy atom. The van der Waals surface area contributed by atoms with Gasteiger partial charge in [-0.3, -0.25) is 4.90 Å². The Hall–Kier alpha value is -2.78. The zero-order valence-electron chi connectivity index (χ0n) is 16.7. The number of hydrogen-bond donors (Lipinski definition) is 0. The average Bonchev–Trinajstić information content (AvgIpc) is 3.11. The third-order valence-corrected chi connectivity index (χ3v) is 6.18. The summed E-state index contributed by atoms with van der Waals surface area (Å²) in [6.07, 6.45) is 2.40. The van der Waals surface area contributed by atoms with Crippen LogP contribution in [-0.2, 0) is 18.6 Å². The maximum absolute atomic E-state index is 6.18. The van der Waals surface area contributed by atoms with E-state index in [1.165, 1.54) is 29.5 Å². The van der Waals surface area contributed by atoms with Gasteiger partial charge in [-0.05, 0) is 36.6 Å². The number of likely N-dealkylation sites (tertiary alicyclic amines) is 1. The van der Waals surface area contributed by atoms with Crippen LogP contribution in [0, 0.1) is 0 Å². The van der Waals surface area contributed by atoms with Crippen molar-refractivity contribution >= 4 is 0 Å². The molecule has 3 heteroatoms. The summed E-state index contributed by atoms with van der Waals surface area (Å²) in [5, 5.41) is 0. The molecule has 0 N–H and O–H groups in total. The molecule has 1 saturated heterocycles. The fraction of sp³-hybridized carbons (Fsp3) is 0.308. The fourth-order valence-corrected chi connectivity index (χ4v) is 4.73. The Morgan fingerprint density at radius 2 is 1.66 bits per heavy atom. The van der Waals surface area contributed by atoms with E-state index in [2.05, 4.69) is 65.6 Å². The van der Waals surface area contributed by atoms with Crippen molar-refractivity contribution in [2.24, 2.45) is 0 Å². The highest BCUT2D eigenvalue weighted by atomic mass is 16.5. The summed E-state index contributed by atoms with van der Waals surface area (Å²) in [6, 6.07) is 27.5. The zero-order valence-corrected chi connectivity index (χ0v) is 16.7. The van der Waals surface area contributed by atoms with Crippen molar-refractivity contribution in [3.05, 3.63) is 95.6 Å². The highest BCUT2D eigenvalue weighted by Crippen LogP contribution is 2.45. The van der Waals surface area contributed by atoms with Gasteiger partial charge in [-0.25, -0.2) is 0 Å². The molecule has 1 spiro atoms. The number of benzene rings is 3. The van der Waals surface area contributed by atoms with Gasteiger partial charge in [-0.15, -0.1) is 0 Å². The maximum Gasteiger partial charge on any atom is 0.126 e. The maximum atomic E-state index is 6.18. The Kier molecular flexibility index (Phi) is 4.99. The van der Waals surface area contributed by atoms with Crippen LogP contribution in [0.5, 0.6) is 11.5 Å². The van der Waals surface area contributed by atoms with Gasteiger partial charge >= 0.3 is 0 Å². The fourth-order valence-electron chi connectivity index (χ4n) is 4.73. The van der Waals surface area contributed by atoms with Crippen LogP contribution in [0.2, 0.25) is 0 Å². The van der Waals surface area contributed by atoms with Crippen molar-refractivity contribution < 1.29 is 9.47 Å². The van der Waals surface area contributed by atoms with Gasteiger partial charge in [0.1, 0.15) is 18.1 Å². The van der Waals surface area contributed by atoms with Crippen molar-refractivity contribution in [3.8, 4) is 11.5 Å². The summed E-state index contributed by atoms with van der Waals surface area (Å²) in [7, 11) is 0. The monoisotopic (exact) mass is 385 g/mol. The van der Waals surface area contributed by atoms with Crippen LogP contribution in [0.3, 0.4) is 0 Å². The molecule has 3 nitrogen and oxygen atoms in total. The van der Waals surface area contributed by atoms with Gasteiger partial charge in [-0.2, -0.15) is 0 Å². The number of ether oxygens (including phenoxy) is 2. The molecule has 0 bridgehead atoms. The second kappa shape index (κ2) is 7.92. The molecule has 3 aromatic carbocycles. The quantitative estimate of drug-likeness (QED) is 0.603. The van der Waals surface area contributed by atoms with Crippen molar-refractivity contribution in [2.75, 3.05) is 19.7 Å². The van der Waals surface area contributed by atoms with E-state index in [0.29, 0.717) is 6.61 Å². The standard InChI is InChI=1S/C26H27NO2/c1-3-8-21(9-4-1)17-27-15-7-14-26(19-27)20-29-25-16-23(12-13-24(25)26)28-18-22-10-5-2-6-11-22/h1-6,8-13,16H,7,14-15,17-20H2. The number of hydrogen-bond acceptors (Lipinski definition) is 3. The molecule has 0 saturated carbocycles. The first-order chi connectivity index (χ1) is 14.3. The predicted molar refractivity (Wildman–Crippen MR) is 115 cm³/mol. The molecule has 0 amide bonds. The van der Waals surface area contributed by atoms with Gasteiger partial charge in [0.15, 0.2) is 0 Å². The van der Waals surface area contributed by atoms with Crippen molar-refractivity contribution in [1.82, 2.24) is 4.90 Å². The molecule has 0 aliphatic carbocycles. The molecule has 148 valence electrons. The molecule has 2 aliphatic rings. The summed E-state index contributed by atoms with van der Waals surface area (Å²) < 4.78 is 12.2. The molecule has 5 rings (SSSR count). The topological polar surface area (TPSA) is 21.7 Å². The molecular weight excluding hydrogens is 358 g/mol. The van der Waals surface area contributed by atoms with Gasteiger partial charge < -0.3 is 9.47 Å². The zero-order chi connectivity index (χ0) is 19.5. The van der Waals surface area contributed by atoms with Crippen LogP contribution >= 0.6 is 0 Å². The molecule has 0 aromatic heterocycles. The van der Waals surface area contributed by atoms with Crippen LogP contribution in [0.25, 0.3) is 0 Å². The van der Waals surface area contributed by atoms with E-state index < -0.39 is 0 Å². The Labute approximate surface area is 172 Å². The third-order valence-electron chi connectivity index (χ3n) is 6.18. The normalized spacial score (nSPS) is 21.0. The summed E-state index contributed by atoms with van der Waals surface area (Å²) in [4.78, 5) is 2.58. The third kappa shape index (κ3) is 3.88. The van der Waals surface area contributed by atoms with E-state index in [9.17, 15) is 0 Å². The molecule has 2 aliphatic heterocycles. The lowest BCUT2D eigenvalue weighted by Crippen LogP contribution is -2.46. The second-order valence-corrected chi connectivity index (χ2v) is 8.30. The van der Waals surface area contributed by atoms with Crippen molar-refractivity contribution in [3.63, 3.8) is 0 Å². The van der Waals surface area contributed by atoms with Crippen LogP contribution in [0.15, 0.2) is 78.9 Å². The predicted octanol–water partition coefficient (Wildman–Crippen LogP) is 5.19. The molecule has 29 heavy (non-hydrogen) atoms. The van der Waals surface area contributed by atoms with E-state index in [1.54, 1.807) is 0 Å². The molecule has 0 radical (unpaired) electrons. The molecule has 1 atom stereocenters. The number of nitrogens with zero attached hydrogens (tertiary/aromatic N) is 1. The van der Waals surface area contributed by atoms with E-state index in [4.69, 9.17) is 9.47 Å². The average molecular weight is 386 g/mol. The van der Waals surface area contributed by atoms with E-state index in [1.807, 2.05) is 18.2 Å². The lowest BCUT2D eigenvalue weighted by Gasteiger charge is -2.39. The summed E-state index contributed by atoms with van der Waals surface area (Å²) in [5.74, 6) is 1.87. The molecule has 2 heterocycles. The van der Waals surface area contributed by atoms with Crippen LogP contribution in [-0.4, -0.2) is 24.6 Å². The van der Waals surface area contributed by atoms with E-state index >= 15 is 0 Å². The number of rotatable bonds is 5. The van der Waals surface area contributed by atoms with Gasteiger partial charge in [0.25, 0.3) is 0 Å². The smallest absolute Gasteiger partial charge is 0.126 e. The first-order valence-corrected chi connectivity index (χ1v) is 10.5.